The molecule has 0 spiro atoms. The molecule has 1 aliphatic rings. The number of ether oxygens (including phenoxy) is 1. The summed E-state index contributed by atoms with van der Waals surface area (Å²) in [5, 5.41) is 10.3. The minimum Gasteiger partial charge on any atom is -0.503 e. The number of hydrogen-bond donors (Lipinski definition) is 1. The first-order chi connectivity index (χ1) is 13.0. The molecule has 1 aromatic carbocycles. The highest BCUT2D eigenvalue weighted by molar-refractivity contribution is 6.16. The number of amides is 1. The van der Waals surface area contributed by atoms with Crippen LogP contribution in [0.4, 0.5) is 5.69 Å². The summed E-state index contributed by atoms with van der Waals surface area (Å²) in [6.07, 6.45) is 3.12. The maximum absolute atomic E-state index is 12.7. The summed E-state index contributed by atoms with van der Waals surface area (Å²) >= 11 is 0. The molecule has 0 unspecified atom stereocenters. The number of carbonyl (C=O) groups excluding carboxylic acids is 3. The Morgan fingerprint density at radius 2 is 1.93 bits per heavy atom. The Bertz CT molecular complexity index is 919. The van der Waals surface area contributed by atoms with Crippen molar-refractivity contribution >= 4 is 23.3 Å². The van der Waals surface area contributed by atoms with E-state index in [1.807, 2.05) is 0 Å². The first kappa shape index (κ1) is 18.3. The topological polar surface area (TPSA) is 96.8 Å². The Balaban J connectivity index is 2.04. The van der Waals surface area contributed by atoms with Crippen molar-refractivity contribution in [3.8, 4) is 0 Å². The second-order valence-electron chi connectivity index (χ2n) is 5.95. The van der Waals surface area contributed by atoms with Gasteiger partial charge >= 0.3 is 5.97 Å². The lowest BCUT2D eigenvalue weighted by molar-refractivity contribution is -0.117. The molecule has 1 aromatic heterocycles. The highest BCUT2D eigenvalue weighted by Crippen LogP contribution is 2.40. The van der Waals surface area contributed by atoms with E-state index in [0.717, 1.165) is 0 Å². The number of esters is 1. The van der Waals surface area contributed by atoms with Gasteiger partial charge in [0.25, 0.3) is 5.91 Å². The van der Waals surface area contributed by atoms with Crippen LogP contribution in [0.5, 0.6) is 0 Å². The van der Waals surface area contributed by atoms with E-state index in [2.05, 4.69) is 4.98 Å². The summed E-state index contributed by atoms with van der Waals surface area (Å²) in [6.45, 7) is 3.27. The lowest BCUT2D eigenvalue weighted by Crippen LogP contribution is -2.31. The smallest absolute Gasteiger partial charge is 0.338 e. The number of benzene rings is 1. The van der Waals surface area contributed by atoms with Gasteiger partial charge in [-0.3, -0.25) is 19.5 Å². The van der Waals surface area contributed by atoms with Gasteiger partial charge in [-0.2, -0.15) is 0 Å². The molecule has 7 nitrogen and oxygen atoms in total. The molecule has 2 heterocycles. The van der Waals surface area contributed by atoms with Crippen molar-refractivity contribution in [2.75, 3.05) is 11.5 Å². The average molecular weight is 366 g/mol. The molecule has 0 aliphatic carbocycles. The van der Waals surface area contributed by atoms with Crippen LogP contribution in [0.2, 0.25) is 0 Å². The van der Waals surface area contributed by atoms with Gasteiger partial charge in [-0.15, -0.1) is 0 Å². The van der Waals surface area contributed by atoms with Gasteiger partial charge in [0.2, 0.25) is 0 Å². The highest BCUT2D eigenvalue weighted by Gasteiger charge is 2.43. The standard InChI is InChI=1S/C20H18N2O5/c1-3-27-20(26)13-6-8-15(9-7-13)22-17(14-5-4-10-21-11-14)16(12(2)23)18(24)19(22)25/h4-11,17,24H,3H2,1-2H3/t17-/m0/s1. The minimum absolute atomic E-state index is 0.0162. The normalized spacial score (nSPS) is 16.6. The third kappa shape index (κ3) is 3.31. The van der Waals surface area contributed by atoms with Gasteiger partial charge in [-0.25, -0.2) is 4.79 Å². The average Bonchev–Trinajstić information content (AvgIpc) is 2.94. The second kappa shape index (κ2) is 7.41. The number of anilines is 1. The van der Waals surface area contributed by atoms with Gasteiger partial charge in [0.1, 0.15) is 0 Å². The molecule has 2 aromatic rings. The Morgan fingerprint density at radius 3 is 2.48 bits per heavy atom. The molecule has 0 bridgehead atoms. The van der Waals surface area contributed by atoms with E-state index in [1.165, 1.54) is 24.0 Å². The number of carbonyl (C=O) groups is 3. The summed E-state index contributed by atoms with van der Waals surface area (Å²) in [5.74, 6) is -2.13. The monoisotopic (exact) mass is 366 g/mol. The molecule has 0 saturated carbocycles. The van der Waals surface area contributed by atoms with Crippen LogP contribution >= 0.6 is 0 Å². The summed E-state index contributed by atoms with van der Waals surface area (Å²) in [5.41, 5.74) is 1.39. The van der Waals surface area contributed by atoms with Gasteiger partial charge in [0, 0.05) is 18.1 Å². The molecule has 0 radical (unpaired) electrons. The number of Topliss-reactive ketones (excluding diaryl/α,β-unsaturated/α-hetero) is 1. The van der Waals surface area contributed by atoms with Gasteiger partial charge < -0.3 is 9.84 Å². The number of nitrogens with zero attached hydrogens (tertiary/aromatic N) is 2. The number of ketones is 1. The highest BCUT2D eigenvalue weighted by atomic mass is 16.5. The SMILES string of the molecule is CCOC(=O)c1ccc(N2C(=O)C(O)=C(C(C)=O)[C@@H]2c2cccnc2)cc1. The fourth-order valence-electron chi connectivity index (χ4n) is 3.06. The fraction of sp³-hybridized carbons (Fsp3) is 0.200. The van der Waals surface area contributed by atoms with Crippen LogP contribution in [0.25, 0.3) is 0 Å². The van der Waals surface area contributed by atoms with Crippen LogP contribution in [0.15, 0.2) is 60.1 Å². The third-order valence-electron chi connectivity index (χ3n) is 4.24. The predicted octanol–water partition coefficient (Wildman–Crippen LogP) is 2.75. The van der Waals surface area contributed by atoms with Crippen LogP contribution in [-0.4, -0.2) is 34.4 Å². The molecule has 0 saturated heterocycles. The van der Waals surface area contributed by atoms with Crippen LogP contribution in [-0.2, 0) is 14.3 Å². The van der Waals surface area contributed by atoms with Gasteiger partial charge in [-0.1, -0.05) is 6.07 Å². The van der Waals surface area contributed by atoms with E-state index < -0.39 is 29.5 Å². The first-order valence-corrected chi connectivity index (χ1v) is 8.40. The van der Waals surface area contributed by atoms with Gasteiger partial charge in [0.05, 0.1) is 23.8 Å². The molecule has 0 fully saturated rings. The Hall–Kier alpha value is -3.48. The number of hydrogen-bond acceptors (Lipinski definition) is 6. The van der Waals surface area contributed by atoms with E-state index in [-0.39, 0.29) is 12.2 Å². The molecule has 3 rings (SSSR count). The maximum atomic E-state index is 12.7. The second-order valence-corrected chi connectivity index (χ2v) is 5.95. The van der Waals surface area contributed by atoms with E-state index in [1.54, 1.807) is 43.6 Å². The molecular formula is C20H18N2O5. The zero-order valence-corrected chi connectivity index (χ0v) is 14.9. The molecule has 1 N–H and O–H groups in total. The quantitative estimate of drug-likeness (QED) is 0.818. The van der Waals surface area contributed by atoms with Gasteiger partial charge in [0.15, 0.2) is 11.5 Å². The summed E-state index contributed by atoms with van der Waals surface area (Å²) < 4.78 is 4.95. The third-order valence-corrected chi connectivity index (χ3v) is 4.24. The lowest BCUT2D eigenvalue weighted by Gasteiger charge is -2.26. The molecular weight excluding hydrogens is 348 g/mol. The van der Waals surface area contributed by atoms with Crippen LogP contribution < -0.4 is 4.90 Å². The summed E-state index contributed by atoms with van der Waals surface area (Å²) in [6, 6.07) is 8.83. The number of aliphatic hydroxyl groups excluding tert-OH is 1. The number of aliphatic hydroxyl groups is 1. The van der Waals surface area contributed by atoms with Crippen molar-refractivity contribution in [2.45, 2.75) is 19.9 Å². The molecule has 27 heavy (non-hydrogen) atoms. The fourth-order valence-corrected chi connectivity index (χ4v) is 3.06. The molecule has 7 heteroatoms. The van der Waals surface area contributed by atoms with E-state index in [0.29, 0.717) is 16.8 Å². The van der Waals surface area contributed by atoms with Crippen LogP contribution in [0.3, 0.4) is 0 Å². The van der Waals surface area contributed by atoms with Crippen LogP contribution in [0, 0.1) is 0 Å². The van der Waals surface area contributed by atoms with Crippen molar-refractivity contribution in [3.05, 3.63) is 71.3 Å². The molecule has 1 amide bonds. The van der Waals surface area contributed by atoms with Crippen molar-refractivity contribution in [3.63, 3.8) is 0 Å². The van der Waals surface area contributed by atoms with Crippen molar-refractivity contribution in [1.29, 1.82) is 0 Å². The number of aromatic nitrogens is 1. The summed E-state index contributed by atoms with van der Waals surface area (Å²) in [4.78, 5) is 42.0. The van der Waals surface area contributed by atoms with E-state index in [9.17, 15) is 19.5 Å². The first-order valence-electron chi connectivity index (χ1n) is 8.40. The Kier molecular flexibility index (Phi) is 5.03. The largest absolute Gasteiger partial charge is 0.503 e. The van der Waals surface area contributed by atoms with Crippen LogP contribution in [0.1, 0.15) is 35.8 Å². The predicted molar refractivity (Wildman–Crippen MR) is 97.2 cm³/mol. The van der Waals surface area contributed by atoms with Crippen molar-refractivity contribution in [2.24, 2.45) is 0 Å². The summed E-state index contributed by atoms with van der Waals surface area (Å²) in [7, 11) is 0. The van der Waals surface area contributed by atoms with Crippen molar-refractivity contribution in [1.82, 2.24) is 4.98 Å². The number of pyridine rings is 1. The minimum atomic E-state index is -0.794. The number of rotatable bonds is 5. The molecule has 1 atom stereocenters. The maximum Gasteiger partial charge on any atom is 0.338 e. The van der Waals surface area contributed by atoms with E-state index >= 15 is 0 Å². The zero-order chi connectivity index (χ0) is 19.6. The molecule has 138 valence electrons. The van der Waals surface area contributed by atoms with E-state index in [4.69, 9.17) is 4.74 Å². The zero-order valence-electron chi connectivity index (χ0n) is 14.9. The molecule has 1 aliphatic heterocycles. The van der Waals surface area contributed by atoms with Crippen molar-refractivity contribution < 1.29 is 24.2 Å². The lowest BCUT2D eigenvalue weighted by atomic mass is 9.98. The Morgan fingerprint density at radius 1 is 1.22 bits per heavy atom. The Labute approximate surface area is 155 Å². The van der Waals surface area contributed by atoms with Gasteiger partial charge in [-0.05, 0) is 49.7 Å².